The summed E-state index contributed by atoms with van der Waals surface area (Å²) in [6, 6.07) is 0. The fraction of sp³-hybridized carbons (Fsp3) is 1.00. The smallest absolute Gasteiger partial charge is 0.0594 e. The highest BCUT2D eigenvalue weighted by molar-refractivity contribution is 4.62. The maximum atomic E-state index is 5.48. The molecule has 0 atom stereocenters. The zero-order chi connectivity index (χ0) is 14.2. The molecule has 1 fully saturated rings. The molecular formula is C13H34N4O. The van der Waals surface area contributed by atoms with Gasteiger partial charge in [-0.3, -0.25) is 9.80 Å². The maximum Gasteiger partial charge on any atom is 0.0594 e. The predicted octanol–water partition coefficient (Wildman–Crippen LogP) is 0.419. The van der Waals surface area contributed by atoms with Gasteiger partial charge in [-0.05, 0) is 34.1 Å². The summed E-state index contributed by atoms with van der Waals surface area (Å²) < 4.78 is 5.28. The third kappa shape index (κ3) is 13.9. The van der Waals surface area contributed by atoms with Crippen LogP contribution in [0.1, 0.15) is 20.3 Å². The average Bonchev–Trinajstić information content (AvgIpc) is 2.43. The summed E-state index contributed by atoms with van der Waals surface area (Å²) in [6.45, 7) is 10.9. The normalized spacial score (nSPS) is 15.5. The number of nitrogens with two attached hydrogens (primary N) is 1. The van der Waals surface area contributed by atoms with Crippen molar-refractivity contribution >= 4 is 0 Å². The van der Waals surface area contributed by atoms with Gasteiger partial charge in [-0.2, -0.15) is 0 Å². The second kappa shape index (κ2) is 16.8. The number of morpholine rings is 1. The van der Waals surface area contributed by atoms with Crippen LogP contribution in [0.15, 0.2) is 0 Å². The number of nitrogens with one attached hydrogen (secondary N) is 1. The van der Waals surface area contributed by atoms with Gasteiger partial charge >= 0.3 is 0 Å². The molecule has 0 aromatic heterocycles. The van der Waals surface area contributed by atoms with Crippen LogP contribution in [0.5, 0.6) is 0 Å². The summed E-state index contributed by atoms with van der Waals surface area (Å²) in [5, 5.41) is 2.75. The standard InChI is InChI=1S/C9H21N3O.C2H7N.C2H6/c1-11(9-10)3-2-4-12-5-7-13-8-6-12;1-3-2;1-2/h2-10H2,1H3;3H,1-2H3;1-2H3. The van der Waals surface area contributed by atoms with Gasteiger partial charge in [-0.25, -0.2) is 0 Å². The van der Waals surface area contributed by atoms with Crippen molar-refractivity contribution in [3.63, 3.8) is 0 Å². The van der Waals surface area contributed by atoms with Gasteiger partial charge in [-0.1, -0.05) is 13.8 Å². The molecule has 3 N–H and O–H groups in total. The first-order valence-electron chi connectivity index (χ1n) is 7.01. The molecule has 0 aromatic carbocycles. The van der Waals surface area contributed by atoms with E-state index in [1.54, 1.807) is 0 Å². The molecule has 1 rings (SSSR count). The quantitative estimate of drug-likeness (QED) is 0.703. The Bertz CT molecular complexity index is 141. The molecule has 18 heavy (non-hydrogen) atoms. The highest BCUT2D eigenvalue weighted by Crippen LogP contribution is 1.98. The minimum Gasteiger partial charge on any atom is -0.379 e. The molecule has 0 unspecified atom stereocenters. The second-order valence-electron chi connectivity index (χ2n) is 4.07. The van der Waals surface area contributed by atoms with Crippen LogP contribution in [0.25, 0.3) is 0 Å². The van der Waals surface area contributed by atoms with E-state index in [2.05, 4.69) is 22.2 Å². The Labute approximate surface area is 114 Å². The van der Waals surface area contributed by atoms with Crippen molar-refractivity contribution < 1.29 is 4.74 Å². The lowest BCUT2D eigenvalue weighted by Gasteiger charge is -2.27. The largest absolute Gasteiger partial charge is 0.379 e. The van der Waals surface area contributed by atoms with Crippen LogP contribution in [0, 0.1) is 0 Å². The zero-order valence-electron chi connectivity index (χ0n) is 13.0. The Kier molecular flexibility index (Phi) is 18.8. The van der Waals surface area contributed by atoms with Crippen LogP contribution in [0.3, 0.4) is 0 Å². The molecule has 1 aliphatic rings. The van der Waals surface area contributed by atoms with Crippen molar-refractivity contribution in [3.05, 3.63) is 0 Å². The van der Waals surface area contributed by atoms with Crippen molar-refractivity contribution in [1.29, 1.82) is 0 Å². The van der Waals surface area contributed by atoms with Gasteiger partial charge in [0.05, 0.1) is 13.2 Å². The number of hydrogen-bond donors (Lipinski definition) is 2. The van der Waals surface area contributed by atoms with Gasteiger partial charge in [0.25, 0.3) is 0 Å². The maximum absolute atomic E-state index is 5.48. The number of nitrogens with zero attached hydrogens (tertiary/aromatic N) is 2. The van der Waals surface area contributed by atoms with Gasteiger partial charge in [-0.15, -0.1) is 0 Å². The molecular weight excluding hydrogens is 228 g/mol. The minimum atomic E-state index is 0.656. The lowest BCUT2D eigenvalue weighted by Crippen LogP contribution is -2.38. The van der Waals surface area contributed by atoms with E-state index in [4.69, 9.17) is 10.5 Å². The zero-order valence-corrected chi connectivity index (χ0v) is 13.0. The van der Waals surface area contributed by atoms with Crippen LogP contribution in [-0.4, -0.2) is 77.0 Å². The number of rotatable bonds is 5. The Hall–Kier alpha value is -0.200. The minimum absolute atomic E-state index is 0.656. The van der Waals surface area contributed by atoms with Crippen LogP contribution in [0.2, 0.25) is 0 Å². The van der Waals surface area contributed by atoms with Gasteiger partial charge in [0.1, 0.15) is 0 Å². The van der Waals surface area contributed by atoms with E-state index in [1.807, 2.05) is 27.9 Å². The molecule has 5 heteroatoms. The van der Waals surface area contributed by atoms with Crippen LogP contribution < -0.4 is 11.1 Å². The third-order valence-electron chi connectivity index (χ3n) is 2.43. The van der Waals surface area contributed by atoms with E-state index in [-0.39, 0.29) is 0 Å². The van der Waals surface area contributed by atoms with E-state index in [1.165, 1.54) is 13.0 Å². The molecule has 0 aliphatic carbocycles. The third-order valence-corrected chi connectivity index (χ3v) is 2.43. The molecule has 1 aliphatic heterocycles. The molecule has 0 aromatic rings. The van der Waals surface area contributed by atoms with Gasteiger partial charge in [0.2, 0.25) is 0 Å². The van der Waals surface area contributed by atoms with Crippen molar-refractivity contribution in [3.8, 4) is 0 Å². The van der Waals surface area contributed by atoms with Crippen molar-refractivity contribution in [1.82, 2.24) is 15.1 Å². The summed E-state index contributed by atoms with van der Waals surface area (Å²) in [5.74, 6) is 0. The van der Waals surface area contributed by atoms with Crippen LogP contribution in [0.4, 0.5) is 0 Å². The van der Waals surface area contributed by atoms with Gasteiger partial charge in [0.15, 0.2) is 0 Å². The first-order valence-corrected chi connectivity index (χ1v) is 7.01. The Morgan fingerprint density at radius 3 is 2.17 bits per heavy atom. The lowest BCUT2D eigenvalue weighted by molar-refractivity contribution is 0.0364. The van der Waals surface area contributed by atoms with E-state index >= 15 is 0 Å². The second-order valence-corrected chi connectivity index (χ2v) is 4.07. The van der Waals surface area contributed by atoms with E-state index in [0.717, 1.165) is 32.8 Å². The topological polar surface area (TPSA) is 53.8 Å². The molecule has 5 nitrogen and oxygen atoms in total. The van der Waals surface area contributed by atoms with Gasteiger partial charge < -0.3 is 15.8 Å². The molecule has 1 saturated heterocycles. The highest BCUT2D eigenvalue weighted by Gasteiger charge is 2.09. The lowest BCUT2D eigenvalue weighted by atomic mass is 10.3. The highest BCUT2D eigenvalue weighted by atomic mass is 16.5. The monoisotopic (exact) mass is 262 g/mol. The van der Waals surface area contributed by atoms with Crippen molar-refractivity contribution in [2.24, 2.45) is 5.73 Å². The Morgan fingerprint density at radius 1 is 1.22 bits per heavy atom. The van der Waals surface area contributed by atoms with Crippen LogP contribution >= 0.6 is 0 Å². The van der Waals surface area contributed by atoms with Crippen molar-refractivity contribution in [2.45, 2.75) is 20.3 Å². The first-order chi connectivity index (χ1) is 8.74. The van der Waals surface area contributed by atoms with E-state index in [0.29, 0.717) is 6.67 Å². The molecule has 112 valence electrons. The molecule has 1 heterocycles. The average molecular weight is 262 g/mol. The molecule has 0 bridgehead atoms. The van der Waals surface area contributed by atoms with Crippen molar-refractivity contribution in [2.75, 3.05) is 67.2 Å². The fourth-order valence-corrected chi connectivity index (χ4v) is 1.48. The Balaban J connectivity index is 0. The summed E-state index contributed by atoms with van der Waals surface area (Å²) in [4.78, 5) is 4.59. The molecule has 0 radical (unpaired) electrons. The summed E-state index contributed by atoms with van der Waals surface area (Å²) >= 11 is 0. The first kappa shape index (κ1) is 20.1. The predicted molar refractivity (Wildman–Crippen MR) is 79.9 cm³/mol. The van der Waals surface area contributed by atoms with E-state index in [9.17, 15) is 0 Å². The summed E-state index contributed by atoms with van der Waals surface area (Å²) in [6.07, 6.45) is 1.20. The number of ether oxygens (including phenoxy) is 1. The molecule has 0 saturated carbocycles. The number of hydrogen-bond acceptors (Lipinski definition) is 5. The SMILES string of the molecule is CC.CN(CN)CCCN1CCOCC1.CNC. The fourth-order valence-electron chi connectivity index (χ4n) is 1.48. The molecule has 0 spiro atoms. The summed E-state index contributed by atoms with van der Waals surface area (Å²) in [7, 11) is 5.80. The summed E-state index contributed by atoms with van der Waals surface area (Å²) in [5.41, 5.74) is 5.48. The molecule has 0 amide bonds. The Morgan fingerprint density at radius 2 is 1.72 bits per heavy atom. The van der Waals surface area contributed by atoms with Crippen LogP contribution in [-0.2, 0) is 4.74 Å². The van der Waals surface area contributed by atoms with Gasteiger partial charge in [0, 0.05) is 26.3 Å². The van der Waals surface area contributed by atoms with E-state index < -0.39 is 0 Å².